The maximum Gasteiger partial charge on any atom is 0.332 e. The molecule has 44 heavy (non-hydrogen) atoms. The van der Waals surface area contributed by atoms with Crippen LogP contribution < -0.4 is 15.8 Å². The van der Waals surface area contributed by atoms with Crippen LogP contribution in [0.25, 0.3) is 10.2 Å². The van der Waals surface area contributed by atoms with E-state index in [1.807, 2.05) is 49.4 Å². The van der Waals surface area contributed by atoms with Crippen molar-refractivity contribution in [2.75, 3.05) is 32.5 Å². The second-order valence-corrected chi connectivity index (χ2v) is 11.9. The molecule has 0 spiro atoms. The van der Waals surface area contributed by atoms with E-state index in [4.69, 9.17) is 10.5 Å². The van der Waals surface area contributed by atoms with Crippen LogP contribution in [0.3, 0.4) is 0 Å². The summed E-state index contributed by atoms with van der Waals surface area (Å²) in [5.74, 6) is 0.363. The Hall–Kier alpha value is -4.69. The highest BCUT2D eigenvalue weighted by molar-refractivity contribution is 7.22. The lowest BCUT2D eigenvalue weighted by Gasteiger charge is -2.46. The van der Waals surface area contributed by atoms with Gasteiger partial charge in [-0.05, 0) is 35.7 Å². The first-order valence-electron chi connectivity index (χ1n) is 14.5. The Morgan fingerprint density at radius 2 is 2.05 bits per heavy atom. The van der Waals surface area contributed by atoms with Crippen molar-refractivity contribution in [2.45, 2.75) is 45.1 Å². The van der Waals surface area contributed by atoms with Crippen molar-refractivity contribution in [1.29, 1.82) is 0 Å². The molecule has 0 saturated carbocycles. The van der Waals surface area contributed by atoms with Gasteiger partial charge in [-0.1, -0.05) is 42.5 Å². The molecule has 4 heterocycles. The summed E-state index contributed by atoms with van der Waals surface area (Å²) in [6, 6.07) is 12.2. The summed E-state index contributed by atoms with van der Waals surface area (Å²) in [7, 11) is 1.61. The topological polar surface area (TPSA) is 153 Å². The molecular weight excluding hydrogens is 582 g/mol. The lowest BCUT2D eigenvalue weighted by molar-refractivity contribution is -0.157. The average molecular weight is 618 g/mol. The Kier molecular flexibility index (Phi) is 8.35. The Morgan fingerprint density at radius 1 is 1.23 bits per heavy atom. The molecule has 0 bridgehead atoms. The van der Waals surface area contributed by atoms with Gasteiger partial charge in [0.05, 0.1) is 36.7 Å². The third kappa shape index (κ3) is 5.77. The zero-order valence-corrected chi connectivity index (χ0v) is 25.4. The number of nitrogens with zero attached hydrogens (tertiary/aromatic N) is 6. The number of nitrogens with two attached hydrogens (primary N) is 1. The first kappa shape index (κ1) is 29.4. The number of ether oxygens (including phenoxy) is 1. The number of H-pyrrole nitrogens is 1. The largest absolute Gasteiger partial charge is 0.497 e. The first-order chi connectivity index (χ1) is 21.4. The number of hydrogen-bond donors (Lipinski definition) is 3. The van der Waals surface area contributed by atoms with Crippen molar-refractivity contribution in [3.05, 3.63) is 71.8 Å². The third-order valence-electron chi connectivity index (χ3n) is 8.00. The Balaban J connectivity index is 1.28. The Bertz CT molecular complexity index is 1640. The number of nitrogens with one attached hydrogen (secondary N) is 2. The number of carbonyl (C=O) groups excluding carboxylic acids is 3. The van der Waals surface area contributed by atoms with Gasteiger partial charge in [-0.3, -0.25) is 14.6 Å². The number of benzene rings is 2. The molecule has 2 saturated heterocycles. The molecule has 4 aromatic rings. The molecule has 0 unspecified atom stereocenters. The number of para-hydroxylation sites is 1. The number of urea groups is 1. The van der Waals surface area contributed by atoms with Crippen LogP contribution in [0.15, 0.2) is 55.0 Å². The average Bonchev–Trinajstić information content (AvgIpc) is 3.76. The summed E-state index contributed by atoms with van der Waals surface area (Å²) in [6.45, 7) is 3.21. The standard InChI is InChI=1S/C30H35N9O4S/c1-3-11-37(30(42)33-13-19-7-9-22(43-2)10-8-19)38-17-26(40)39-23(12-21-14-32-18-34-21)28(41)36(16-25(38)39)15-20-5-4-6-24-27(20)35-29(31)44-24/h4-10,14,18,23,25H,3,11-13,15-17H2,1-2H3,(H2,31,35)(H,32,34)(H,33,42)/t23-,25+/m0/s1. The molecule has 2 aromatic carbocycles. The zero-order valence-electron chi connectivity index (χ0n) is 24.6. The van der Waals surface area contributed by atoms with Gasteiger partial charge in [0.25, 0.3) is 0 Å². The molecule has 2 aliphatic heterocycles. The molecule has 6 rings (SSSR count). The van der Waals surface area contributed by atoms with Crippen LogP contribution in [0.4, 0.5) is 9.93 Å². The lowest BCUT2D eigenvalue weighted by Crippen LogP contribution is -2.66. The van der Waals surface area contributed by atoms with E-state index in [2.05, 4.69) is 20.3 Å². The fraction of sp³-hybridized carbons (Fsp3) is 0.367. The van der Waals surface area contributed by atoms with Gasteiger partial charge in [0.1, 0.15) is 18.0 Å². The van der Waals surface area contributed by atoms with Crippen LogP contribution in [0, 0.1) is 0 Å². The first-order valence-corrected chi connectivity index (χ1v) is 15.3. The lowest BCUT2D eigenvalue weighted by atomic mass is 10.0. The summed E-state index contributed by atoms with van der Waals surface area (Å²) in [5.41, 5.74) is 9.30. The summed E-state index contributed by atoms with van der Waals surface area (Å²) < 4.78 is 6.17. The van der Waals surface area contributed by atoms with Crippen molar-refractivity contribution in [1.82, 2.24) is 40.1 Å². The number of aromatic nitrogens is 3. The van der Waals surface area contributed by atoms with E-state index in [0.717, 1.165) is 32.8 Å². The SMILES string of the molecule is CCCN(C(=O)NCc1ccc(OC)cc1)N1CC(=O)N2[C@@H](Cc3cnc[nH]3)C(=O)N(Cc3cccc4sc(N)nc34)C[C@@H]21. The summed E-state index contributed by atoms with van der Waals surface area (Å²) in [4.78, 5) is 56.4. The fourth-order valence-corrected chi connectivity index (χ4v) is 6.70. The molecule has 2 aliphatic rings. The molecule has 14 heteroatoms. The maximum absolute atomic E-state index is 14.1. The summed E-state index contributed by atoms with van der Waals surface area (Å²) in [6.07, 6.45) is 3.64. The number of thiazole rings is 1. The van der Waals surface area contributed by atoms with Crippen LogP contribution in [-0.4, -0.2) is 91.6 Å². The van der Waals surface area contributed by atoms with E-state index in [1.54, 1.807) is 39.5 Å². The highest BCUT2D eigenvalue weighted by Gasteiger charge is 2.52. The Labute approximate surface area is 258 Å². The molecule has 230 valence electrons. The minimum absolute atomic E-state index is 0.0145. The predicted octanol–water partition coefficient (Wildman–Crippen LogP) is 2.57. The molecule has 4 amide bonds. The van der Waals surface area contributed by atoms with Crippen molar-refractivity contribution in [2.24, 2.45) is 0 Å². The monoisotopic (exact) mass is 617 g/mol. The normalized spacial score (nSPS) is 18.6. The van der Waals surface area contributed by atoms with Crippen LogP contribution in [0.1, 0.15) is 30.2 Å². The number of nitrogen functional groups attached to an aromatic ring is 1. The van der Waals surface area contributed by atoms with Crippen LogP contribution >= 0.6 is 11.3 Å². The van der Waals surface area contributed by atoms with Gasteiger partial charge in [-0.2, -0.15) is 5.01 Å². The number of methoxy groups -OCH3 is 1. The summed E-state index contributed by atoms with van der Waals surface area (Å²) >= 11 is 1.40. The molecular formula is C30H35N9O4S. The van der Waals surface area contributed by atoms with Gasteiger partial charge in [0, 0.05) is 37.9 Å². The van der Waals surface area contributed by atoms with E-state index in [9.17, 15) is 14.4 Å². The number of fused-ring (bicyclic) bond motifs is 2. The number of piperazine rings is 1. The molecule has 0 aliphatic carbocycles. The molecule has 13 nitrogen and oxygen atoms in total. The van der Waals surface area contributed by atoms with E-state index < -0.39 is 12.2 Å². The van der Waals surface area contributed by atoms with Gasteiger partial charge < -0.3 is 30.6 Å². The maximum atomic E-state index is 14.1. The highest BCUT2D eigenvalue weighted by atomic mass is 32.1. The Morgan fingerprint density at radius 3 is 2.77 bits per heavy atom. The van der Waals surface area contributed by atoms with E-state index >= 15 is 0 Å². The van der Waals surface area contributed by atoms with Crippen molar-refractivity contribution < 1.29 is 19.1 Å². The van der Waals surface area contributed by atoms with Crippen LogP contribution in [-0.2, 0) is 29.1 Å². The predicted molar refractivity (Wildman–Crippen MR) is 165 cm³/mol. The van der Waals surface area contributed by atoms with E-state index in [-0.39, 0.29) is 37.4 Å². The van der Waals surface area contributed by atoms with Gasteiger partial charge in [0.15, 0.2) is 5.13 Å². The van der Waals surface area contributed by atoms with Gasteiger partial charge in [0.2, 0.25) is 11.8 Å². The number of amides is 4. The minimum Gasteiger partial charge on any atom is -0.497 e. The van der Waals surface area contributed by atoms with Crippen molar-refractivity contribution in [3.63, 3.8) is 0 Å². The summed E-state index contributed by atoms with van der Waals surface area (Å²) in [5, 5.41) is 6.87. The fourth-order valence-electron chi connectivity index (χ4n) is 5.92. The van der Waals surface area contributed by atoms with Crippen molar-refractivity contribution in [3.8, 4) is 5.75 Å². The smallest absolute Gasteiger partial charge is 0.332 e. The third-order valence-corrected chi connectivity index (χ3v) is 8.85. The number of aromatic amines is 1. The molecule has 0 radical (unpaired) electrons. The number of carbonyl (C=O) groups is 3. The van der Waals surface area contributed by atoms with Crippen molar-refractivity contribution >= 4 is 44.5 Å². The quantitative estimate of drug-likeness (QED) is 0.246. The van der Waals surface area contributed by atoms with Gasteiger partial charge >= 0.3 is 6.03 Å². The van der Waals surface area contributed by atoms with Gasteiger partial charge in [-0.15, -0.1) is 0 Å². The van der Waals surface area contributed by atoms with Crippen LogP contribution in [0.5, 0.6) is 5.75 Å². The van der Waals surface area contributed by atoms with E-state index in [0.29, 0.717) is 31.2 Å². The number of anilines is 1. The highest BCUT2D eigenvalue weighted by Crippen LogP contribution is 2.32. The molecule has 2 atom stereocenters. The number of imidazole rings is 1. The van der Waals surface area contributed by atoms with Gasteiger partial charge in [-0.25, -0.2) is 14.8 Å². The number of hydrogen-bond acceptors (Lipinski definition) is 9. The molecule has 2 aromatic heterocycles. The minimum atomic E-state index is -0.766. The van der Waals surface area contributed by atoms with E-state index in [1.165, 1.54) is 11.3 Å². The zero-order chi connectivity index (χ0) is 30.8. The second-order valence-electron chi connectivity index (χ2n) is 10.8. The second kappa shape index (κ2) is 12.5. The molecule has 4 N–H and O–H groups in total. The molecule has 2 fully saturated rings. The number of hydrazine groups is 1. The number of rotatable bonds is 10. The van der Waals surface area contributed by atoms with Crippen LogP contribution in [0.2, 0.25) is 0 Å².